The summed E-state index contributed by atoms with van der Waals surface area (Å²) in [6, 6.07) is 2.08. The van der Waals surface area contributed by atoms with Crippen LogP contribution in [0.2, 0.25) is 0 Å². The average molecular weight is 196 g/mol. The van der Waals surface area contributed by atoms with Gasteiger partial charge in [0.05, 0.1) is 5.56 Å². The molecule has 1 aromatic heterocycles. The molecular formula is C9H9FN2S. The number of rotatable bonds is 0. The number of thiophene rings is 1. The molecule has 0 saturated heterocycles. The Bertz CT molecular complexity index is 378. The summed E-state index contributed by atoms with van der Waals surface area (Å²) in [4.78, 5) is 0.966. The molecule has 0 aliphatic heterocycles. The van der Waals surface area contributed by atoms with Crippen LogP contribution >= 0.6 is 11.3 Å². The smallest absolute Gasteiger partial charge is 0.105 e. The van der Waals surface area contributed by atoms with Crippen LogP contribution in [-0.2, 0) is 12.8 Å². The molecular weight excluding hydrogens is 187 g/mol. The first-order valence-electron chi connectivity index (χ1n) is 4.16. The minimum Gasteiger partial charge on any atom is -0.389 e. The molecule has 2 rings (SSSR count). The number of fused-ring (bicyclic) bond motifs is 1. The minimum absolute atomic E-state index is 0.436. The number of hydrogen-bond donors (Lipinski definition) is 1. The second kappa shape index (κ2) is 3.00. The maximum Gasteiger partial charge on any atom is 0.105 e. The van der Waals surface area contributed by atoms with Gasteiger partial charge in [-0.15, -0.1) is 11.3 Å². The zero-order chi connectivity index (χ0) is 9.42. The van der Waals surface area contributed by atoms with Gasteiger partial charge in [0, 0.05) is 11.3 Å². The van der Waals surface area contributed by atoms with E-state index < -0.39 is 6.17 Å². The van der Waals surface area contributed by atoms with Gasteiger partial charge in [0.15, 0.2) is 0 Å². The average Bonchev–Trinajstić information content (AvgIpc) is 2.39. The Morgan fingerprint density at radius 3 is 3.08 bits per heavy atom. The van der Waals surface area contributed by atoms with Gasteiger partial charge in [-0.1, -0.05) is 0 Å². The second-order valence-corrected chi connectivity index (χ2v) is 4.33. The van der Waals surface area contributed by atoms with Crippen molar-refractivity contribution >= 4 is 16.3 Å². The molecule has 0 radical (unpaired) electrons. The summed E-state index contributed by atoms with van der Waals surface area (Å²) in [6.45, 7) is 0. The molecule has 0 spiro atoms. The van der Waals surface area contributed by atoms with E-state index in [1.165, 1.54) is 11.3 Å². The molecule has 0 amide bonds. The Morgan fingerprint density at radius 2 is 2.38 bits per heavy atom. The Kier molecular flexibility index (Phi) is 1.97. The maximum atomic E-state index is 13.0. The molecule has 1 unspecified atom stereocenters. The van der Waals surface area contributed by atoms with Crippen molar-refractivity contribution in [3.63, 3.8) is 0 Å². The van der Waals surface area contributed by atoms with Gasteiger partial charge in [0.2, 0.25) is 0 Å². The zero-order valence-electron chi connectivity index (χ0n) is 7.01. The number of nitrogens with two attached hydrogens (primary N) is 1. The number of anilines is 1. The van der Waals surface area contributed by atoms with Crippen LogP contribution in [0, 0.1) is 11.3 Å². The Balaban J connectivity index is 2.48. The molecule has 1 atom stereocenters. The van der Waals surface area contributed by atoms with Gasteiger partial charge in [0.1, 0.15) is 17.2 Å². The fourth-order valence-corrected chi connectivity index (χ4v) is 2.82. The molecule has 1 aromatic rings. The summed E-state index contributed by atoms with van der Waals surface area (Å²) in [5, 5.41) is 9.36. The fourth-order valence-electron chi connectivity index (χ4n) is 1.69. The highest BCUT2D eigenvalue weighted by Crippen LogP contribution is 2.36. The normalized spacial score (nSPS) is 20.8. The van der Waals surface area contributed by atoms with E-state index in [1.807, 2.05) is 0 Å². The van der Waals surface area contributed by atoms with Crippen LogP contribution in [-0.4, -0.2) is 6.17 Å². The number of nitriles is 1. The molecule has 0 saturated carbocycles. The van der Waals surface area contributed by atoms with Crippen LogP contribution < -0.4 is 5.73 Å². The van der Waals surface area contributed by atoms with Gasteiger partial charge in [-0.05, 0) is 18.4 Å². The zero-order valence-corrected chi connectivity index (χ0v) is 7.83. The highest BCUT2D eigenvalue weighted by Gasteiger charge is 2.24. The van der Waals surface area contributed by atoms with Crippen molar-refractivity contribution in [3.8, 4) is 6.07 Å². The van der Waals surface area contributed by atoms with Crippen molar-refractivity contribution in [2.24, 2.45) is 0 Å². The summed E-state index contributed by atoms with van der Waals surface area (Å²) in [5.41, 5.74) is 7.21. The molecule has 2 nitrogen and oxygen atoms in total. The van der Waals surface area contributed by atoms with Crippen LogP contribution in [0.3, 0.4) is 0 Å². The minimum atomic E-state index is -0.753. The van der Waals surface area contributed by atoms with Crippen LogP contribution in [0.4, 0.5) is 9.39 Å². The van der Waals surface area contributed by atoms with Crippen LogP contribution in [0.15, 0.2) is 0 Å². The molecule has 1 heterocycles. The van der Waals surface area contributed by atoms with E-state index in [-0.39, 0.29) is 0 Å². The first-order chi connectivity index (χ1) is 6.22. The first-order valence-corrected chi connectivity index (χ1v) is 4.98. The lowest BCUT2D eigenvalue weighted by molar-refractivity contribution is 0.304. The van der Waals surface area contributed by atoms with Crippen molar-refractivity contribution < 1.29 is 4.39 Å². The van der Waals surface area contributed by atoms with Crippen LogP contribution in [0.1, 0.15) is 22.4 Å². The molecule has 68 valence electrons. The molecule has 0 fully saturated rings. The summed E-state index contributed by atoms with van der Waals surface area (Å²) in [7, 11) is 0. The molecule has 13 heavy (non-hydrogen) atoms. The van der Waals surface area contributed by atoms with E-state index in [4.69, 9.17) is 11.0 Å². The van der Waals surface area contributed by atoms with E-state index >= 15 is 0 Å². The van der Waals surface area contributed by atoms with Crippen molar-refractivity contribution in [1.29, 1.82) is 5.26 Å². The second-order valence-electron chi connectivity index (χ2n) is 3.19. The Labute approximate surface area is 79.8 Å². The lowest BCUT2D eigenvalue weighted by Gasteiger charge is -2.14. The van der Waals surface area contributed by atoms with Gasteiger partial charge >= 0.3 is 0 Å². The SMILES string of the molecule is N#Cc1c(N)sc2c1CCC(F)C2. The highest BCUT2D eigenvalue weighted by molar-refractivity contribution is 7.16. The van der Waals surface area contributed by atoms with Crippen molar-refractivity contribution in [2.75, 3.05) is 5.73 Å². The lowest BCUT2D eigenvalue weighted by Crippen LogP contribution is -2.13. The van der Waals surface area contributed by atoms with E-state index in [2.05, 4.69) is 6.07 Å². The van der Waals surface area contributed by atoms with E-state index in [9.17, 15) is 4.39 Å². The largest absolute Gasteiger partial charge is 0.389 e. The quantitative estimate of drug-likeness (QED) is 0.690. The maximum absolute atomic E-state index is 13.0. The lowest BCUT2D eigenvalue weighted by atomic mass is 9.95. The van der Waals surface area contributed by atoms with E-state index in [0.717, 1.165) is 10.4 Å². The highest BCUT2D eigenvalue weighted by atomic mass is 32.1. The predicted octanol–water partition coefficient (Wildman–Crippen LogP) is 2.03. The number of nitrogen functional groups attached to an aromatic ring is 1. The molecule has 1 aliphatic carbocycles. The molecule has 0 bridgehead atoms. The summed E-state index contributed by atoms with van der Waals surface area (Å²) >= 11 is 1.36. The van der Waals surface area contributed by atoms with Crippen molar-refractivity contribution in [1.82, 2.24) is 0 Å². The fraction of sp³-hybridized carbons (Fsp3) is 0.444. The van der Waals surface area contributed by atoms with Crippen LogP contribution in [0.25, 0.3) is 0 Å². The number of nitrogens with zero attached hydrogens (tertiary/aromatic N) is 1. The third-order valence-electron chi connectivity index (χ3n) is 2.34. The number of hydrogen-bond acceptors (Lipinski definition) is 3. The third-order valence-corrected chi connectivity index (χ3v) is 3.43. The Hall–Kier alpha value is -1.08. The molecule has 0 aromatic carbocycles. The van der Waals surface area contributed by atoms with Crippen LogP contribution in [0.5, 0.6) is 0 Å². The molecule has 1 aliphatic rings. The van der Waals surface area contributed by atoms with Gasteiger partial charge in [-0.25, -0.2) is 4.39 Å². The van der Waals surface area contributed by atoms with Gasteiger partial charge in [0.25, 0.3) is 0 Å². The van der Waals surface area contributed by atoms with Gasteiger partial charge in [-0.3, -0.25) is 0 Å². The molecule has 4 heteroatoms. The monoisotopic (exact) mass is 196 g/mol. The summed E-state index contributed by atoms with van der Waals surface area (Å²) in [6.07, 6.45) is 0.869. The Morgan fingerprint density at radius 1 is 1.62 bits per heavy atom. The summed E-state index contributed by atoms with van der Waals surface area (Å²) < 4.78 is 13.0. The standard InChI is InChI=1S/C9H9FN2S/c10-5-1-2-6-7(4-11)9(12)13-8(6)3-5/h5H,1-3,12H2. The van der Waals surface area contributed by atoms with E-state index in [0.29, 0.717) is 29.8 Å². The van der Waals surface area contributed by atoms with E-state index in [1.54, 1.807) is 0 Å². The predicted molar refractivity (Wildman–Crippen MR) is 50.4 cm³/mol. The third kappa shape index (κ3) is 1.29. The van der Waals surface area contributed by atoms with Gasteiger partial charge < -0.3 is 5.73 Å². The first kappa shape index (κ1) is 8.52. The number of halogens is 1. The molecule has 2 N–H and O–H groups in total. The number of alkyl halides is 1. The van der Waals surface area contributed by atoms with Crippen molar-refractivity contribution in [3.05, 3.63) is 16.0 Å². The van der Waals surface area contributed by atoms with Crippen molar-refractivity contribution in [2.45, 2.75) is 25.4 Å². The topological polar surface area (TPSA) is 49.8 Å². The summed E-state index contributed by atoms with van der Waals surface area (Å²) in [5.74, 6) is 0. The van der Waals surface area contributed by atoms with Gasteiger partial charge in [-0.2, -0.15) is 5.26 Å².